The largest absolute Gasteiger partial charge is 0.480 e. The van der Waals surface area contributed by atoms with Gasteiger partial charge in [0.15, 0.2) is 0 Å². The summed E-state index contributed by atoms with van der Waals surface area (Å²) in [5.41, 5.74) is 11.2. The van der Waals surface area contributed by atoms with Gasteiger partial charge in [-0.2, -0.15) is 0 Å². The van der Waals surface area contributed by atoms with Crippen LogP contribution in [0.15, 0.2) is 0 Å². The molecule has 0 unspecified atom stereocenters. The fourth-order valence-corrected chi connectivity index (χ4v) is 1.80. The molecule has 0 fully saturated rings. The molecule has 0 spiro atoms. The van der Waals surface area contributed by atoms with Gasteiger partial charge in [0.2, 0.25) is 11.8 Å². The highest BCUT2D eigenvalue weighted by Gasteiger charge is 2.28. The predicted octanol–water partition coefficient (Wildman–Crippen LogP) is -0.827. The standard InChI is InChI=1S/C14H28N4O4/c1-8(2)11(13(20)17-9(3)14(21)22)18-12(19)10(16)6-4-5-7-15/h8-11H,4-7,15-16H2,1-3H3,(H,17,20)(H,18,19)(H,21,22)/t9-,10-,11-/m0/s1. The number of aliphatic carboxylic acids is 1. The second-order valence-electron chi connectivity index (χ2n) is 5.69. The van der Waals surface area contributed by atoms with Crippen molar-refractivity contribution in [3.05, 3.63) is 0 Å². The lowest BCUT2D eigenvalue weighted by atomic mass is 10.0. The summed E-state index contributed by atoms with van der Waals surface area (Å²) in [5, 5.41) is 13.7. The van der Waals surface area contributed by atoms with Crippen LogP contribution >= 0.6 is 0 Å². The zero-order chi connectivity index (χ0) is 17.3. The van der Waals surface area contributed by atoms with Crippen molar-refractivity contribution in [3.63, 3.8) is 0 Å². The van der Waals surface area contributed by atoms with Crippen LogP contribution in [0.1, 0.15) is 40.0 Å². The highest BCUT2D eigenvalue weighted by atomic mass is 16.4. The maximum absolute atomic E-state index is 12.1. The quantitative estimate of drug-likeness (QED) is 0.332. The van der Waals surface area contributed by atoms with E-state index in [2.05, 4.69) is 10.6 Å². The molecule has 7 N–H and O–H groups in total. The molecule has 0 aromatic heterocycles. The maximum Gasteiger partial charge on any atom is 0.325 e. The smallest absolute Gasteiger partial charge is 0.325 e. The van der Waals surface area contributed by atoms with Gasteiger partial charge in [0.1, 0.15) is 12.1 Å². The number of unbranched alkanes of at least 4 members (excludes halogenated alkanes) is 1. The van der Waals surface area contributed by atoms with E-state index >= 15 is 0 Å². The lowest BCUT2D eigenvalue weighted by Crippen LogP contribution is -2.55. The summed E-state index contributed by atoms with van der Waals surface area (Å²) in [4.78, 5) is 34.9. The van der Waals surface area contributed by atoms with Crippen LogP contribution in [0.3, 0.4) is 0 Å². The molecular formula is C14H28N4O4. The third kappa shape index (κ3) is 7.37. The van der Waals surface area contributed by atoms with Crippen LogP contribution in [0.2, 0.25) is 0 Å². The van der Waals surface area contributed by atoms with Gasteiger partial charge in [0, 0.05) is 0 Å². The SMILES string of the molecule is CC(C)[C@H](NC(=O)[C@@H](N)CCCCN)C(=O)N[C@@H](C)C(=O)O. The Balaban J connectivity index is 4.60. The Morgan fingerprint density at radius 1 is 1.05 bits per heavy atom. The number of amides is 2. The van der Waals surface area contributed by atoms with Crippen LogP contribution in [-0.2, 0) is 14.4 Å². The van der Waals surface area contributed by atoms with E-state index in [4.69, 9.17) is 16.6 Å². The summed E-state index contributed by atoms with van der Waals surface area (Å²) in [6, 6.07) is -2.56. The molecule has 2 amide bonds. The molecule has 8 heteroatoms. The highest BCUT2D eigenvalue weighted by molar-refractivity contribution is 5.91. The lowest BCUT2D eigenvalue weighted by molar-refractivity contribution is -0.142. The first kappa shape index (κ1) is 20.3. The average molecular weight is 316 g/mol. The van der Waals surface area contributed by atoms with Crippen molar-refractivity contribution in [1.82, 2.24) is 10.6 Å². The third-order valence-electron chi connectivity index (χ3n) is 3.28. The molecular weight excluding hydrogens is 288 g/mol. The highest BCUT2D eigenvalue weighted by Crippen LogP contribution is 2.05. The van der Waals surface area contributed by atoms with Crippen molar-refractivity contribution < 1.29 is 19.5 Å². The molecule has 0 bridgehead atoms. The van der Waals surface area contributed by atoms with Crippen LogP contribution in [0.5, 0.6) is 0 Å². The Bertz CT molecular complexity index is 387. The van der Waals surface area contributed by atoms with E-state index in [-0.39, 0.29) is 5.92 Å². The van der Waals surface area contributed by atoms with Gasteiger partial charge in [-0.05, 0) is 32.2 Å². The Morgan fingerprint density at radius 3 is 2.09 bits per heavy atom. The zero-order valence-electron chi connectivity index (χ0n) is 13.5. The first-order valence-electron chi connectivity index (χ1n) is 7.49. The number of hydrogen-bond acceptors (Lipinski definition) is 5. The molecule has 0 heterocycles. The second kappa shape index (κ2) is 10.1. The van der Waals surface area contributed by atoms with Crippen molar-refractivity contribution >= 4 is 17.8 Å². The van der Waals surface area contributed by atoms with Crippen LogP contribution in [0, 0.1) is 5.92 Å². The van der Waals surface area contributed by atoms with Gasteiger partial charge in [-0.25, -0.2) is 0 Å². The Kier molecular flexibility index (Phi) is 9.35. The molecule has 3 atom stereocenters. The molecule has 0 aliphatic heterocycles. The van der Waals surface area contributed by atoms with Crippen molar-refractivity contribution in [1.29, 1.82) is 0 Å². The topological polar surface area (TPSA) is 148 Å². The zero-order valence-corrected chi connectivity index (χ0v) is 13.5. The number of rotatable bonds is 10. The van der Waals surface area contributed by atoms with Crippen LogP contribution in [0.4, 0.5) is 0 Å². The summed E-state index contributed by atoms with van der Waals surface area (Å²) in [7, 11) is 0. The van der Waals surface area contributed by atoms with Gasteiger partial charge in [-0.1, -0.05) is 20.3 Å². The molecule has 128 valence electrons. The van der Waals surface area contributed by atoms with E-state index in [0.29, 0.717) is 13.0 Å². The van der Waals surface area contributed by atoms with Crippen LogP contribution < -0.4 is 22.1 Å². The first-order chi connectivity index (χ1) is 10.2. The van der Waals surface area contributed by atoms with E-state index in [1.807, 2.05) is 0 Å². The molecule has 0 aliphatic carbocycles. The van der Waals surface area contributed by atoms with Crippen molar-refractivity contribution in [2.24, 2.45) is 17.4 Å². The average Bonchev–Trinajstić information content (AvgIpc) is 2.43. The summed E-state index contributed by atoms with van der Waals surface area (Å²) in [6.07, 6.45) is 2.01. The van der Waals surface area contributed by atoms with Crippen LogP contribution in [0.25, 0.3) is 0 Å². The van der Waals surface area contributed by atoms with Gasteiger partial charge >= 0.3 is 5.97 Å². The minimum absolute atomic E-state index is 0.193. The third-order valence-corrected chi connectivity index (χ3v) is 3.28. The van der Waals surface area contributed by atoms with E-state index in [1.54, 1.807) is 13.8 Å². The van der Waals surface area contributed by atoms with E-state index in [1.165, 1.54) is 6.92 Å². The molecule has 0 aliphatic rings. The summed E-state index contributed by atoms with van der Waals surface area (Å²) in [6.45, 7) is 5.42. The molecule has 0 saturated heterocycles. The van der Waals surface area contributed by atoms with Gasteiger partial charge in [-0.15, -0.1) is 0 Å². The van der Waals surface area contributed by atoms with E-state index in [9.17, 15) is 14.4 Å². The monoisotopic (exact) mass is 316 g/mol. The number of carbonyl (C=O) groups excluding carboxylic acids is 2. The summed E-state index contributed by atoms with van der Waals surface area (Å²) in [5.74, 6) is -2.29. The Morgan fingerprint density at radius 2 is 1.64 bits per heavy atom. The maximum atomic E-state index is 12.1. The molecule has 22 heavy (non-hydrogen) atoms. The van der Waals surface area contributed by atoms with E-state index in [0.717, 1.165) is 12.8 Å². The fourth-order valence-electron chi connectivity index (χ4n) is 1.80. The van der Waals surface area contributed by atoms with Gasteiger partial charge in [-0.3, -0.25) is 14.4 Å². The number of carboxylic acids is 1. The minimum atomic E-state index is -1.14. The summed E-state index contributed by atoms with van der Waals surface area (Å²) >= 11 is 0. The number of hydrogen-bond donors (Lipinski definition) is 5. The van der Waals surface area contributed by atoms with Gasteiger partial charge in [0.25, 0.3) is 0 Å². The Labute approximate surface area is 131 Å². The van der Waals surface area contributed by atoms with Gasteiger partial charge < -0.3 is 27.2 Å². The molecule has 0 aromatic carbocycles. The molecule has 0 aromatic rings. The lowest BCUT2D eigenvalue weighted by Gasteiger charge is -2.24. The fraction of sp³-hybridized carbons (Fsp3) is 0.786. The summed E-state index contributed by atoms with van der Waals surface area (Å²) < 4.78 is 0. The van der Waals surface area contributed by atoms with E-state index < -0.39 is 35.9 Å². The molecule has 0 saturated carbocycles. The Hall–Kier alpha value is -1.67. The van der Waals surface area contributed by atoms with Crippen molar-refractivity contribution in [2.45, 2.75) is 58.2 Å². The normalized spacial score (nSPS) is 15.0. The number of carboxylic acid groups (broad SMARTS) is 1. The van der Waals surface area contributed by atoms with Crippen molar-refractivity contribution in [2.75, 3.05) is 6.54 Å². The van der Waals surface area contributed by atoms with Crippen LogP contribution in [-0.4, -0.2) is 47.6 Å². The molecule has 0 rings (SSSR count). The van der Waals surface area contributed by atoms with Crippen molar-refractivity contribution in [3.8, 4) is 0 Å². The second-order valence-corrected chi connectivity index (χ2v) is 5.69. The first-order valence-corrected chi connectivity index (χ1v) is 7.49. The predicted molar refractivity (Wildman–Crippen MR) is 82.9 cm³/mol. The molecule has 0 radical (unpaired) electrons. The number of nitrogens with one attached hydrogen (secondary N) is 2. The number of nitrogens with two attached hydrogens (primary N) is 2. The van der Waals surface area contributed by atoms with Gasteiger partial charge in [0.05, 0.1) is 6.04 Å². The number of carbonyl (C=O) groups is 3. The minimum Gasteiger partial charge on any atom is -0.480 e. The molecule has 8 nitrogen and oxygen atoms in total.